The van der Waals surface area contributed by atoms with Crippen LogP contribution in [0.5, 0.6) is 0 Å². The summed E-state index contributed by atoms with van der Waals surface area (Å²) in [5, 5.41) is 35.7. The van der Waals surface area contributed by atoms with Crippen LogP contribution >= 0.6 is 0 Å². The summed E-state index contributed by atoms with van der Waals surface area (Å²) in [6, 6.07) is 11.8. The summed E-state index contributed by atoms with van der Waals surface area (Å²) >= 11 is 0. The first-order valence-corrected chi connectivity index (χ1v) is 9.19. The summed E-state index contributed by atoms with van der Waals surface area (Å²) in [5.74, 6) is -0.494. The number of esters is 1. The molecule has 10 heteroatoms. The standard InChI is InChI=1S/C20H17N5O5/c1-10-2-4-11(5-3-10)17(27)29-18-19(8-21)20(18,28)15(26)14(30-19)12-6-7-13-16(22)23-9-24-25(12)13/h2-7,9,14-15,18,26,28H,1H3,(H2,22,23,24)/t14-,15-,18?,19+,20+/m0/s1. The number of aromatic nitrogens is 3. The Morgan fingerprint density at radius 1 is 1.33 bits per heavy atom. The van der Waals surface area contributed by atoms with Gasteiger partial charge in [-0.1, -0.05) is 17.7 Å². The van der Waals surface area contributed by atoms with Gasteiger partial charge >= 0.3 is 5.97 Å². The van der Waals surface area contributed by atoms with Gasteiger partial charge in [-0.05, 0) is 31.2 Å². The predicted octanol–water partition coefficient (Wildman–Crippen LogP) is 0.285. The lowest BCUT2D eigenvalue weighted by molar-refractivity contribution is -0.0807. The van der Waals surface area contributed by atoms with Gasteiger partial charge in [0, 0.05) is 0 Å². The number of aliphatic hydroxyl groups excluding tert-OH is 1. The Bertz CT molecular complexity index is 1220. The zero-order chi connectivity index (χ0) is 21.3. The molecule has 0 amide bonds. The van der Waals surface area contributed by atoms with E-state index in [0.717, 1.165) is 5.56 Å². The molecule has 1 saturated carbocycles. The van der Waals surface area contributed by atoms with Crippen molar-refractivity contribution in [3.05, 3.63) is 59.5 Å². The average molecular weight is 407 g/mol. The minimum absolute atomic E-state index is 0.229. The van der Waals surface area contributed by atoms with Crippen molar-refractivity contribution in [2.45, 2.75) is 36.4 Å². The second-order valence-electron chi connectivity index (χ2n) is 7.51. The molecule has 1 aliphatic carbocycles. The molecular weight excluding hydrogens is 390 g/mol. The molecule has 5 atom stereocenters. The molecule has 30 heavy (non-hydrogen) atoms. The number of fused-ring (bicyclic) bond motifs is 2. The molecule has 1 aromatic carbocycles. The van der Waals surface area contributed by atoms with Crippen molar-refractivity contribution >= 4 is 17.3 Å². The number of rotatable bonds is 3. The molecule has 2 aliphatic rings. The third kappa shape index (κ3) is 2.19. The van der Waals surface area contributed by atoms with Crippen LogP contribution in [0.1, 0.15) is 27.7 Å². The Kier molecular flexibility index (Phi) is 3.70. The van der Waals surface area contributed by atoms with Gasteiger partial charge in [-0.2, -0.15) is 10.4 Å². The van der Waals surface area contributed by atoms with Crippen LogP contribution in [0.4, 0.5) is 5.82 Å². The maximum atomic E-state index is 12.5. The number of aryl methyl sites for hydroxylation is 1. The highest BCUT2D eigenvalue weighted by Gasteiger charge is 2.91. The van der Waals surface area contributed by atoms with Crippen molar-refractivity contribution in [3.63, 3.8) is 0 Å². The topological polar surface area (TPSA) is 156 Å². The van der Waals surface area contributed by atoms with Crippen molar-refractivity contribution < 1.29 is 24.5 Å². The number of nitriles is 1. The van der Waals surface area contributed by atoms with Crippen LogP contribution in [0.15, 0.2) is 42.7 Å². The zero-order valence-corrected chi connectivity index (χ0v) is 15.8. The molecule has 152 valence electrons. The summed E-state index contributed by atoms with van der Waals surface area (Å²) in [6.07, 6.45) is -2.71. The number of ether oxygens (including phenoxy) is 2. The predicted molar refractivity (Wildman–Crippen MR) is 101 cm³/mol. The van der Waals surface area contributed by atoms with E-state index in [-0.39, 0.29) is 11.4 Å². The molecule has 5 rings (SSSR count). The van der Waals surface area contributed by atoms with Gasteiger partial charge in [0.2, 0.25) is 5.60 Å². The van der Waals surface area contributed by atoms with Crippen molar-refractivity contribution in [1.29, 1.82) is 5.26 Å². The fourth-order valence-corrected chi connectivity index (χ4v) is 4.07. The number of anilines is 1. The highest BCUT2D eigenvalue weighted by atomic mass is 16.6. The lowest BCUT2D eigenvalue weighted by Crippen LogP contribution is -2.36. The van der Waals surface area contributed by atoms with E-state index in [9.17, 15) is 20.3 Å². The van der Waals surface area contributed by atoms with Gasteiger partial charge in [-0.15, -0.1) is 0 Å². The number of hydrogen-bond donors (Lipinski definition) is 3. The molecule has 4 N–H and O–H groups in total. The summed E-state index contributed by atoms with van der Waals surface area (Å²) < 4.78 is 12.6. The highest BCUT2D eigenvalue weighted by molar-refractivity contribution is 5.90. The van der Waals surface area contributed by atoms with Crippen LogP contribution in [0, 0.1) is 18.3 Å². The molecule has 2 fully saturated rings. The summed E-state index contributed by atoms with van der Waals surface area (Å²) in [5.41, 5.74) is 3.96. The van der Waals surface area contributed by atoms with Gasteiger partial charge in [0.25, 0.3) is 0 Å². The number of aliphatic hydroxyl groups is 2. The third-order valence-electron chi connectivity index (χ3n) is 5.81. The number of hydrogen-bond acceptors (Lipinski definition) is 9. The molecular formula is C20H17N5O5. The van der Waals surface area contributed by atoms with E-state index >= 15 is 0 Å². The van der Waals surface area contributed by atoms with Gasteiger partial charge in [-0.25, -0.2) is 14.3 Å². The molecule has 1 unspecified atom stereocenters. The van der Waals surface area contributed by atoms with Gasteiger partial charge < -0.3 is 25.4 Å². The number of nitrogen functional groups attached to an aromatic ring is 1. The lowest BCUT2D eigenvalue weighted by Gasteiger charge is -2.22. The number of carbonyl (C=O) groups excluding carboxylic acids is 1. The van der Waals surface area contributed by atoms with Crippen molar-refractivity contribution in [2.75, 3.05) is 5.73 Å². The number of carbonyl (C=O) groups is 1. The van der Waals surface area contributed by atoms with Gasteiger partial charge in [-0.3, -0.25) is 0 Å². The minimum Gasteiger partial charge on any atom is -0.451 e. The summed E-state index contributed by atoms with van der Waals surface area (Å²) in [4.78, 5) is 16.3. The van der Waals surface area contributed by atoms with Gasteiger partial charge in [0.1, 0.15) is 30.1 Å². The smallest absolute Gasteiger partial charge is 0.338 e. The van der Waals surface area contributed by atoms with Crippen molar-refractivity contribution in [1.82, 2.24) is 14.6 Å². The van der Waals surface area contributed by atoms with E-state index in [1.54, 1.807) is 36.4 Å². The van der Waals surface area contributed by atoms with Gasteiger partial charge in [0.05, 0.1) is 11.3 Å². The first-order chi connectivity index (χ1) is 14.3. The minimum atomic E-state index is -2.07. The Hall–Kier alpha value is -3.52. The molecule has 0 radical (unpaired) electrons. The van der Waals surface area contributed by atoms with Crippen LogP contribution in [0.3, 0.4) is 0 Å². The van der Waals surface area contributed by atoms with E-state index in [4.69, 9.17) is 15.2 Å². The Morgan fingerprint density at radius 3 is 2.73 bits per heavy atom. The average Bonchev–Trinajstić information content (AvgIpc) is 3.01. The normalized spacial score (nSPS) is 31.9. The molecule has 10 nitrogen and oxygen atoms in total. The Balaban J connectivity index is 1.44. The fraction of sp³-hybridized carbons (Fsp3) is 0.300. The highest BCUT2D eigenvalue weighted by Crippen LogP contribution is 2.64. The molecule has 0 bridgehead atoms. The third-order valence-corrected chi connectivity index (χ3v) is 5.81. The fourth-order valence-electron chi connectivity index (χ4n) is 4.07. The Labute approximate surface area is 170 Å². The maximum absolute atomic E-state index is 12.5. The zero-order valence-electron chi connectivity index (χ0n) is 15.8. The molecule has 1 saturated heterocycles. The van der Waals surface area contributed by atoms with E-state index in [2.05, 4.69) is 10.1 Å². The van der Waals surface area contributed by atoms with Crippen LogP contribution in [0.25, 0.3) is 5.52 Å². The second-order valence-corrected chi connectivity index (χ2v) is 7.51. The summed E-state index contributed by atoms with van der Waals surface area (Å²) in [7, 11) is 0. The van der Waals surface area contributed by atoms with Crippen LogP contribution in [-0.4, -0.2) is 54.2 Å². The van der Waals surface area contributed by atoms with Crippen LogP contribution in [-0.2, 0) is 9.47 Å². The number of benzene rings is 1. The van der Waals surface area contributed by atoms with Crippen molar-refractivity contribution in [3.8, 4) is 6.07 Å². The SMILES string of the molecule is Cc1ccc(C(=O)OC2[C@@]3(C#N)O[C@@H](c4ccc5c(N)ncnn45)[C@H](O)[C@@]23O)cc1. The molecule has 3 aromatic rings. The molecule has 3 heterocycles. The van der Waals surface area contributed by atoms with E-state index in [1.807, 2.05) is 13.0 Å². The van der Waals surface area contributed by atoms with E-state index in [0.29, 0.717) is 11.2 Å². The quantitative estimate of drug-likeness (QED) is 0.519. The molecule has 2 aromatic heterocycles. The Morgan fingerprint density at radius 2 is 2.07 bits per heavy atom. The van der Waals surface area contributed by atoms with Crippen LogP contribution in [0.2, 0.25) is 0 Å². The summed E-state index contributed by atoms with van der Waals surface area (Å²) in [6.45, 7) is 1.88. The maximum Gasteiger partial charge on any atom is 0.338 e. The number of nitrogens with zero attached hydrogens (tertiary/aromatic N) is 4. The first kappa shape index (κ1) is 18.5. The largest absolute Gasteiger partial charge is 0.451 e. The van der Waals surface area contributed by atoms with E-state index in [1.165, 1.54) is 10.8 Å². The van der Waals surface area contributed by atoms with Crippen molar-refractivity contribution in [2.24, 2.45) is 0 Å². The monoisotopic (exact) mass is 407 g/mol. The lowest BCUT2D eigenvalue weighted by atomic mass is 10.0. The molecule has 0 spiro atoms. The van der Waals surface area contributed by atoms with E-state index < -0.39 is 35.5 Å². The first-order valence-electron chi connectivity index (χ1n) is 9.19. The number of nitrogens with two attached hydrogens (primary N) is 1. The van der Waals surface area contributed by atoms with Crippen LogP contribution < -0.4 is 5.73 Å². The van der Waals surface area contributed by atoms with Gasteiger partial charge in [0.15, 0.2) is 17.5 Å². The second kappa shape index (κ2) is 5.99. The molecule has 1 aliphatic heterocycles.